The third-order valence-corrected chi connectivity index (χ3v) is 4.45. The highest BCUT2D eigenvalue weighted by Gasteiger charge is 2.26. The molecule has 1 fully saturated rings. The second-order valence-electron chi connectivity index (χ2n) is 4.28. The first-order valence-electron chi connectivity index (χ1n) is 5.70. The molecule has 0 atom stereocenters. The minimum atomic E-state index is 0.600. The number of nitrogens with zero attached hydrogens (tertiary/aromatic N) is 3. The molecule has 1 aromatic carbocycles. The van der Waals surface area contributed by atoms with Crippen molar-refractivity contribution in [3.05, 3.63) is 40.1 Å². The Balaban J connectivity index is 1.71. The average molecular weight is 300 g/mol. The molecule has 6 heteroatoms. The molecule has 0 unspecified atom stereocenters. The van der Waals surface area contributed by atoms with Gasteiger partial charge in [0.2, 0.25) is 0 Å². The van der Waals surface area contributed by atoms with Crippen molar-refractivity contribution in [2.75, 3.05) is 0 Å². The first-order valence-corrected chi connectivity index (χ1v) is 7.44. The van der Waals surface area contributed by atoms with E-state index in [-0.39, 0.29) is 0 Å². The highest BCUT2D eigenvalue weighted by atomic mass is 35.5. The lowest BCUT2D eigenvalue weighted by atomic mass is 10.2. The van der Waals surface area contributed by atoms with E-state index in [4.69, 9.17) is 23.2 Å². The second-order valence-corrected chi connectivity index (χ2v) is 6.06. The summed E-state index contributed by atoms with van der Waals surface area (Å²) in [5.41, 5.74) is 1.07. The minimum absolute atomic E-state index is 0.600. The molecule has 0 N–H and O–H groups in total. The number of benzene rings is 1. The van der Waals surface area contributed by atoms with Gasteiger partial charge in [0.05, 0.1) is 0 Å². The summed E-state index contributed by atoms with van der Waals surface area (Å²) in [6.07, 6.45) is 4.27. The summed E-state index contributed by atoms with van der Waals surface area (Å²) in [7, 11) is 0. The van der Waals surface area contributed by atoms with Crippen LogP contribution in [0.5, 0.6) is 0 Å². The Kier molecular flexibility index (Phi) is 3.50. The maximum Gasteiger partial charge on any atom is 0.191 e. The topological polar surface area (TPSA) is 30.7 Å². The monoisotopic (exact) mass is 299 g/mol. The van der Waals surface area contributed by atoms with Gasteiger partial charge >= 0.3 is 0 Å². The first kappa shape index (κ1) is 12.3. The van der Waals surface area contributed by atoms with Crippen molar-refractivity contribution in [1.29, 1.82) is 0 Å². The molecule has 18 heavy (non-hydrogen) atoms. The van der Waals surface area contributed by atoms with Crippen molar-refractivity contribution < 1.29 is 0 Å². The maximum absolute atomic E-state index is 6.14. The molecule has 1 saturated carbocycles. The Labute approximate surface area is 119 Å². The normalized spacial score (nSPS) is 15.0. The molecular weight excluding hydrogens is 289 g/mol. The predicted octanol–water partition coefficient (Wildman–Crippen LogP) is 4.21. The Hall–Kier alpha value is -0.710. The molecule has 0 spiro atoms. The molecule has 3 rings (SSSR count). The van der Waals surface area contributed by atoms with E-state index >= 15 is 0 Å². The fourth-order valence-electron chi connectivity index (χ4n) is 1.72. The number of hydrogen-bond donors (Lipinski definition) is 0. The fourth-order valence-corrected chi connectivity index (χ4v) is 3.26. The summed E-state index contributed by atoms with van der Waals surface area (Å²) in [4.78, 5) is 0. The number of hydrogen-bond acceptors (Lipinski definition) is 3. The van der Waals surface area contributed by atoms with Crippen LogP contribution < -0.4 is 0 Å². The SMILES string of the molecule is Clc1ccc(CSc2nncn2C2CC2)c(Cl)c1. The predicted molar refractivity (Wildman–Crippen MR) is 74.3 cm³/mol. The molecule has 94 valence electrons. The van der Waals surface area contributed by atoms with Crippen LogP contribution in [0.3, 0.4) is 0 Å². The molecule has 1 aliphatic rings. The zero-order chi connectivity index (χ0) is 12.5. The van der Waals surface area contributed by atoms with Gasteiger partial charge in [-0.15, -0.1) is 10.2 Å². The summed E-state index contributed by atoms with van der Waals surface area (Å²) < 4.78 is 2.15. The fraction of sp³-hybridized carbons (Fsp3) is 0.333. The van der Waals surface area contributed by atoms with Gasteiger partial charge in [-0.2, -0.15) is 0 Å². The van der Waals surface area contributed by atoms with Gasteiger partial charge < -0.3 is 4.57 Å². The summed E-state index contributed by atoms with van der Waals surface area (Å²) in [5, 5.41) is 10.4. The van der Waals surface area contributed by atoms with Gasteiger partial charge in [-0.05, 0) is 30.5 Å². The zero-order valence-electron chi connectivity index (χ0n) is 9.51. The van der Waals surface area contributed by atoms with E-state index in [0.29, 0.717) is 16.1 Å². The minimum Gasteiger partial charge on any atom is -0.306 e. The van der Waals surface area contributed by atoms with E-state index < -0.39 is 0 Å². The standard InChI is InChI=1S/C12H11Cl2N3S/c13-9-2-1-8(11(14)5-9)6-18-12-16-15-7-17(12)10-3-4-10/h1-2,5,7,10H,3-4,6H2. The summed E-state index contributed by atoms with van der Waals surface area (Å²) >= 11 is 13.7. The van der Waals surface area contributed by atoms with Gasteiger partial charge in [-0.3, -0.25) is 0 Å². The van der Waals surface area contributed by atoms with E-state index in [1.165, 1.54) is 12.8 Å². The molecule has 1 heterocycles. The van der Waals surface area contributed by atoms with Crippen LogP contribution >= 0.6 is 35.0 Å². The maximum atomic E-state index is 6.14. The lowest BCUT2D eigenvalue weighted by molar-refractivity contribution is 0.663. The highest BCUT2D eigenvalue weighted by Crippen LogP contribution is 2.38. The van der Waals surface area contributed by atoms with Crippen molar-refractivity contribution in [3.63, 3.8) is 0 Å². The number of thioether (sulfide) groups is 1. The van der Waals surface area contributed by atoms with Crippen molar-refractivity contribution in [2.45, 2.75) is 29.8 Å². The van der Waals surface area contributed by atoms with Crippen LogP contribution in [0, 0.1) is 0 Å². The first-order chi connectivity index (χ1) is 8.74. The van der Waals surface area contributed by atoms with E-state index in [0.717, 1.165) is 16.5 Å². The quantitative estimate of drug-likeness (QED) is 0.792. The van der Waals surface area contributed by atoms with E-state index in [9.17, 15) is 0 Å². The Morgan fingerprint density at radius 1 is 1.33 bits per heavy atom. The molecule has 2 aromatic rings. The third-order valence-electron chi connectivity index (χ3n) is 2.85. The molecular formula is C12H11Cl2N3S. The van der Waals surface area contributed by atoms with Crippen LogP contribution in [0.2, 0.25) is 10.0 Å². The Morgan fingerprint density at radius 3 is 2.89 bits per heavy atom. The zero-order valence-corrected chi connectivity index (χ0v) is 11.8. The van der Waals surface area contributed by atoms with Gasteiger partial charge in [-0.25, -0.2) is 0 Å². The highest BCUT2D eigenvalue weighted by molar-refractivity contribution is 7.98. The summed E-state index contributed by atoms with van der Waals surface area (Å²) in [6, 6.07) is 6.18. The molecule has 0 aliphatic heterocycles. The van der Waals surface area contributed by atoms with E-state index in [1.54, 1.807) is 17.8 Å². The van der Waals surface area contributed by atoms with Crippen molar-refractivity contribution >= 4 is 35.0 Å². The van der Waals surface area contributed by atoms with E-state index in [1.807, 2.05) is 18.5 Å². The van der Waals surface area contributed by atoms with Gasteiger partial charge in [0, 0.05) is 21.8 Å². The Morgan fingerprint density at radius 2 is 2.17 bits per heavy atom. The van der Waals surface area contributed by atoms with Gasteiger partial charge in [0.25, 0.3) is 0 Å². The molecule has 0 radical (unpaired) electrons. The largest absolute Gasteiger partial charge is 0.306 e. The van der Waals surface area contributed by atoms with Crippen molar-refractivity contribution in [3.8, 4) is 0 Å². The number of aromatic nitrogens is 3. The molecule has 1 aromatic heterocycles. The van der Waals surface area contributed by atoms with E-state index in [2.05, 4.69) is 14.8 Å². The molecule has 1 aliphatic carbocycles. The molecule has 0 amide bonds. The van der Waals surface area contributed by atoms with Crippen LogP contribution in [0.1, 0.15) is 24.4 Å². The van der Waals surface area contributed by atoms with Gasteiger partial charge in [0.15, 0.2) is 5.16 Å². The van der Waals surface area contributed by atoms with Crippen LogP contribution in [-0.4, -0.2) is 14.8 Å². The van der Waals surface area contributed by atoms with Gasteiger partial charge in [-0.1, -0.05) is 41.0 Å². The van der Waals surface area contributed by atoms with Crippen LogP contribution in [0.4, 0.5) is 0 Å². The molecule has 3 nitrogen and oxygen atoms in total. The van der Waals surface area contributed by atoms with Crippen LogP contribution in [0.25, 0.3) is 0 Å². The molecule has 0 bridgehead atoms. The lowest BCUT2D eigenvalue weighted by Crippen LogP contribution is -1.94. The molecule has 0 saturated heterocycles. The van der Waals surface area contributed by atoms with Crippen molar-refractivity contribution in [1.82, 2.24) is 14.8 Å². The Bertz CT molecular complexity index is 566. The van der Waals surface area contributed by atoms with Crippen LogP contribution in [-0.2, 0) is 5.75 Å². The second kappa shape index (κ2) is 5.11. The van der Waals surface area contributed by atoms with Crippen molar-refractivity contribution in [2.24, 2.45) is 0 Å². The number of rotatable bonds is 4. The average Bonchev–Trinajstić information content (AvgIpc) is 3.08. The third kappa shape index (κ3) is 2.66. The summed E-state index contributed by atoms with van der Waals surface area (Å²) in [6.45, 7) is 0. The number of halogens is 2. The smallest absolute Gasteiger partial charge is 0.191 e. The lowest BCUT2D eigenvalue weighted by Gasteiger charge is -2.06. The van der Waals surface area contributed by atoms with Crippen LogP contribution in [0.15, 0.2) is 29.7 Å². The summed E-state index contributed by atoms with van der Waals surface area (Å²) in [5.74, 6) is 0.779. The van der Waals surface area contributed by atoms with Gasteiger partial charge in [0.1, 0.15) is 6.33 Å².